The first-order valence-corrected chi connectivity index (χ1v) is 6.95. The van der Waals surface area contributed by atoms with Crippen LogP contribution in [0.25, 0.3) is 0 Å². The largest absolute Gasteiger partial charge is 0.416 e. The summed E-state index contributed by atoms with van der Waals surface area (Å²) in [5.74, 6) is 0. The van der Waals surface area contributed by atoms with Gasteiger partial charge in [-0.15, -0.1) is 0 Å². The molecule has 0 spiro atoms. The van der Waals surface area contributed by atoms with E-state index in [-0.39, 0.29) is 10.7 Å². The highest BCUT2D eigenvalue weighted by Gasteiger charge is 2.30. The minimum Gasteiger partial charge on any atom is -0.277 e. The summed E-state index contributed by atoms with van der Waals surface area (Å²) in [4.78, 5) is 0. The molecule has 2 aromatic rings. The van der Waals surface area contributed by atoms with Gasteiger partial charge in [0.05, 0.1) is 22.5 Å². The molecular weight excluding hydrogens is 369 g/mol. The number of alkyl halides is 3. The fourth-order valence-corrected chi connectivity index (χ4v) is 1.94. The standard InChI is InChI=1S/C14H9BrClF3N2/c15-11-4-1-9(2-5-11)8-20-21-13-7-10(14(17,18)19)3-6-12(13)16/h1-8,21H/b20-8+. The highest BCUT2D eigenvalue weighted by Crippen LogP contribution is 2.33. The Hall–Kier alpha value is -1.53. The van der Waals surface area contributed by atoms with Gasteiger partial charge >= 0.3 is 6.18 Å². The number of nitrogens with one attached hydrogen (secondary N) is 1. The van der Waals surface area contributed by atoms with Gasteiger partial charge in [-0.3, -0.25) is 5.43 Å². The van der Waals surface area contributed by atoms with E-state index in [2.05, 4.69) is 26.5 Å². The quantitative estimate of drug-likeness (QED) is 0.549. The molecule has 2 aromatic carbocycles. The Labute approximate surface area is 132 Å². The first kappa shape index (κ1) is 15.9. The molecule has 0 radical (unpaired) electrons. The van der Waals surface area contributed by atoms with E-state index in [1.54, 1.807) is 0 Å². The lowest BCUT2D eigenvalue weighted by atomic mass is 10.2. The van der Waals surface area contributed by atoms with Gasteiger partial charge < -0.3 is 0 Å². The van der Waals surface area contributed by atoms with Gasteiger partial charge in [-0.25, -0.2) is 0 Å². The molecule has 0 aliphatic rings. The van der Waals surface area contributed by atoms with Crippen LogP contribution in [0.4, 0.5) is 18.9 Å². The summed E-state index contributed by atoms with van der Waals surface area (Å²) >= 11 is 9.14. The van der Waals surface area contributed by atoms with E-state index in [0.717, 1.165) is 22.2 Å². The molecule has 0 unspecified atom stereocenters. The predicted molar refractivity (Wildman–Crippen MR) is 81.8 cm³/mol. The molecule has 2 rings (SSSR count). The zero-order valence-electron chi connectivity index (χ0n) is 10.5. The lowest BCUT2D eigenvalue weighted by molar-refractivity contribution is -0.137. The van der Waals surface area contributed by atoms with Crippen molar-refractivity contribution < 1.29 is 13.2 Å². The molecule has 2 nitrogen and oxygen atoms in total. The number of hydrogen-bond donors (Lipinski definition) is 1. The molecule has 1 N–H and O–H groups in total. The van der Waals surface area contributed by atoms with Gasteiger partial charge in [-0.2, -0.15) is 18.3 Å². The monoisotopic (exact) mass is 376 g/mol. The fraction of sp³-hybridized carbons (Fsp3) is 0.0714. The second kappa shape index (κ2) is 6.49. The van der Waals surface area contributed by atoms with Crippen LogP contribution in [-0.2, 0) is 6.18 Å². The molecule has 0 heterocycles. The molecule has 0 amide bonds. The maximum absolute atomic E-state index is 12.6. The van der Waals surface area contributed by atoms with Crippen molar-refractivity contribution in [3.63, 3.8) is 0 Å². The van der Waals surface area contributed by atoms with E-state index >= 15 is 0 Å². The molecule has 0 aromatic heterocycles. The minimum absolute atomic E-state index is 0.0971. The lowest BCUT2D eigenvalue weighted by Crippen LogP contribution is -2.05. The summed E-state index contributed by atoms with van der Waals surface area (Å²) in [5, 5.41) is 4.05. The van der Waals surface area contributed by atoms with E-state index in [1.807, 2.05) is 24.3 Å². The van der Waals surface area contributed by atoms with Crippen LogP contribution >= 0.6 is 27.5 Å². The SMILES string of the molecule is FC(F)(F)c1ccc(Cl)c(N/N=C/c2ccc(Br)cc2)c1. The van der Waals surface area contributed by atoms with Crippen LogP contribution in [0.2, 0.25) is 5.02 Å². The summed E-state index contributed by atoms with van der Waals surface area (Å²) in [6.07, 6.45) is -2.93. The van der Waals surface area contributed by atoms with Crippen molar-refractivity contribution in [3.05, 3.63) is 63.1 Å². The van der Waals surface area contributed by atoms with Gasteiger partial charge in [0.25, 0.3) is 0 Å². The van der Waals surface area contributed by atoms with Gasteiger partial charge in [0.2, 0.25) is 0 Å². The molecule has 7 heteroatoms. The van der Waals surface area contributed by atoms with Gasteiger partial charge in [0, 0.05) is 4.47 Å². The zero-order valence-corrected chi connectivity index (χ0v) is 12.8. The van der Waals surface area contributed by atoms with Gasteiger partial charge in [0.1, 0.15) is 0 Å². The maximum atomic E-state index is 12.6. The summed E-state index contributed by atoms with van der Waals surface area (Å²) < 4.78 is 38.8. The number of hydrogen-bond acceptors (Lipinski definition) is 2. The first-order chi connectivity index (χ1) is 9.86. The molecule has 0 aliphatic carbocycles. The van der Waals surface area contributed by atoms with Gasteiger partial charge in [-0.1, -0.05) is 39.7 Å². The minimum atomic E-state index is -4.42. The Morgan fingerprint density at radius 3 is 2.38 bits per heavy atom. The number of halogens is 5. The smallest absolute Gasteiger partial charge is 0.277 e. The van der Waals surface area contributed by atoms with E-state index in [9.17, 15) is 13.2 Å². The number of anilines is 1. The summed E-state index contributed by atoms with van der Waals surface area (Å²) in [6.45, 7) is 0. The Kier molecular flexibility index (Phi) is 4.90. The van der Waals surface area contributed by atoms with Crippen molar-refractivity contribution in [3.8, 4) is 0 Å². The molecule has 110 valence electrons. The van der Waals surface area contributed by atoms with Crippen LogP contribution in [0, 0.1) is 0 Å². The molecule has 0 saturated carbocycles. The zero-order chi connectivity index (χ0) is 15.5. The molecule has 0 fully saturated rings. The second-order valence-electron chi connectivity index (χ2n) is 4.11. The van der Waals surface area contributed by atoms with E-state index in [1.165, 1.54) is 12.3 Å². The lowest BCUT2D eigenvalue weighted by Gasteiger charge is -2.09. The summed E-state index contributed by atoms with van der Waals surface area (Å²) in [6, 6.07) is 10.3. The normalized spacial score (nSPS) is 11.9. The number of benzene rings is 2. The van der Waals surface area contributed by atoms with Crippen LogP contribution in [-0.4, -0.2) is 6.21 Å². The second-order valence-corrected chi connectivity index (χ2v) is 5.44. The van der Waals surface area contributed by atoms with E-state index < -0.39 is 11.7 Å². The fourth-order valence-electron chi connectivity index (χ4n) is 1.51. The van der Waals surface area contributed by atoms with Crippen molar-refractivity contribution in [2.45, 2.75) is 6.18 Å². The first-order valence-electron chi connectivity index (χ1n) is 5.77. The van der Waals surface area contributed by atoms with Crippen molar-refractivity contribution >= 4 is 39.4 Å². The van der Waals surface area contributed by atoms with Crippen molar-refractivity contribution in [1.29, 1.82) is 0 Å². The topological polar surface area (TPSA) is 24.4 Å². The Bertz CT molecular complexity index is 654. The van der Waals surface area contributed by atoms with Crippen molar-refractivity contribution in [1.82, 2.24) is 0 Å². The third-order valence-electron chi connectivity index (χ3n) is 2.56. The van der Waals surface area contributed by atoms with Gasteiger partial charge in [-0.05, 0) is 35.9 Å². The van der Waals surface area contributed by atoms with Gasteiger partial charge in [0.15, 0.2) is 0 Å². The molecule has 0 bridgehead atoms. The summed E-state index contributed by atoms with van der Waals surface area (Å²) in [7, 11) is 0. The van der Waals surface area contributed by atoms with Crippen molar-refractivity contribution in [2.24, 2.45) is 5.10 Å². The molecule has 0 aliphatic heterocycles. The van der Waals surface area contributed by atoms with Crippen LogP contribution in [0.5, 0.6) is 0 Å². The van der Waals surface area contributed by atoms with E-state index in [4.69, 9.17) is 11.6 Å². The Balaban J connectivity index is 2.14. The third kappa shape index (κ3) is 4.47. The van der Waals surface area contributed by atoms with E-state index in [0.29, 0.717) is 0 Å². The molecule has 0 saturated heterocycles. The maximum Gasteiger partial charge on any atom is 0.416 e. The average Bonchev–Trinajstić information content (AvgIpc) is 2.42. The highest BCUT2D eigenvalue weighted by molar-refractivity contribution is 9.10. The highest BCUT2D eigenvalue weighted by atomic mass is 79.9. The Morgan fingerprint density at radius 2 is 1.76 bits per heavy atom. The number of hydrazone groups is 1. The molecular formula is C14H9BrClF3N2. The molecule has 0 atom stereocenters. The van der Waals surface area contributed by atoms with Crippen LogP contribution < -0.4 is 5.43 Å². The Morgan fingerprint density at radius 1 is 1.10 bits per heavy atom. The predicted octanol–water partition coefficient (Wildman–Crippen LogP) is 5.57. The average molecular weight is 378 g/mol. The van der Waals surface area contributed by atoms with Crippen LogP contribution in [0.3, 0.4) is 0 Å². The number of rotatable bonds is 3. The third-order valence-corrected chi connectivity index (χ3v) is 3.42. The summed E-state index contributed by atoms with van der Waals surface area (Å²) in [5.41, 5.74) is 2.63. The van der Waals surface area contributed by atoms with Crippen LogP contribution in [0.15, 0.2) is 52.0 Å². The number of nitrogens with zero attached hydrogens (tertiary/aromatic N) is 1. The van der Waals surface area contributed by atoms with Crippen LogP contribution in [0.1, 0.15) is 11.1 Å². The molecule has 21 heavy (non-hydrogen) atoms. The van der Waals surface area contributed by atoms with Crippen molar-refractivity contribution in [2.75, 3.05) is 5.43 Å².